The van der Waals surface area contributed by atoms with Crippen molar-refractivity contribution in [3.8, 4) is 10.6 Å². The van der Waals surface area contributed by atoms with Crippen LogP contribution in [0, 0.1) is 5.92 Å². The number of nitrogens with zero attached hydrogens (tertiary/aromatic N) is 1. The molecule has 1 aliphatic carbocycles. The van der Waals surface area contributed by atoms with Crippen LogP contribution in [0.1, 0.15) is 23.9 Å². The number of thiazole rings is 1. The summed E-state index contributed by atoms with van der Waals surface area (Å²) in [6, 6.07) is 17.4. The van der Waals surface area contributed by atoms with Gasteiger partial charge in [0.25, 0.3) is 0 Å². The second kappa shape index (κ2) is 7.94. The summed E-state index contributed by atoms with van der Waals surface area (Å²) in [5.74, 6) is -0.191. The van der Waals surface area contributed by atoms with Crippen LogP contribution in [0.2, 0.25) is 0 Å². The van der Waals surface area contributed by atoms with Crippen molar-refractivity contribution in [1.29, 1.82) is 0 Å². The Morgan fingerprint density at radius 1 is 1.04 bits per heavy atom. The molecule has 28 heavy (non-hydrogen) atoms. The second-order valence-electron chi connectivity index (χ2n) is 6.95. The van der Waals surface area contributed by atoms with Gasteiger partial charge in [0.15, 0.2) is 0 Å². The van der Waals surface area contributed by atoms with E-state index in [-0.39, 0.29) is 17.7 Å². The molecule has 4 rings (SSSR count). The van der Waals surface area contributed by atoms with Gasteiger partial charge in [-0.2, -0.15) is 0 Å². The lowest BCUT2D eigenvalue weighted by Gasteiger charge is -2.20. The van der Waals surface area contributed by atoms with Gasteiger partial charge >= 0.3 is 0 Å². The van der Waals surface area contributed by atoms with E-state index < -0.39 is 0 Å². The fraction of sp³-hybridized carbons (Fsp3) is 0.227. The number of aromatic nitrogens is 1. The van der Waals surface area contributed by atoms with Crippen LogP contribution in [0.5, 0.6) is 0 Å². The maximum Gasteiger partial charge on any atom is 0.227 e. The summed E-state index contributed by atoms with van der Waals surface area (Å²) in [6.45, 7) is 1.46. The standard InChI is InChI=1S/C22H21N3O2S/c1-14(26)23-17-8-5-9-18(13-17)24-21(27)16-10-11-19-20(12-16)28-22(25-19)15-6-3-2-4-7-15/h2-9,13,16H,10-12H2,1H3,(H,23,26)(H,24,27). The minimum atomic E-state index is -0.136. The quantitative estimate of drug-likeness (QED) is 0.687. The molecule has 5 nitrogen and oxygen atoms in total. The van der Waals surface area contributed by atoms with E-state index in [1.165, 1.54) is 11.8 Å². The highest BCUT2D eigenvalue weighted by molar-refractivity contribution is 7.15. The molecular weight excluding hydrogens is 370 g/mol. The molecule has 2 aromatic carbocycles. The van der Waals surface area contributed by atoms with Crippen LogP contribution in [0.25, 0.3) is 10.6 Å². The molecule has 0 spiro atoms. The molecule has 3 aromatic rings. The molecule has 0 fully saturated rings. The number of hydrogen-bond acceptors (Lipinski definition) is 4. The van der Waals surface area contributed by atoms with Crippen LogP contribution >= 0.6 is 11.3 Å². The highest BCUT2D eigenvalue weighted by Gasteiger charge is 2.27. The van der Waals surface area contributed by atoms with E-state index in [1.54, 1.807) is 23.5 Å². The first-order chi connectivity index (χ1) is 13.6. The third-order valence-corrected chi connectivity index (χ3v) is 5.95. The maximum atomic E-state index is 12.8. The molecule has 1 unspecified atom stereocenters. The third-order valence-electron chi connectivity index (χ3n) is 4.78. The summed E-state index contributed by atoms with van der Waals surface area (Å²) in [7, 11) is 0. The van der Waals surface area contributed by atoms with Gasteiger partial charge in [0.2, 0.25) is 11.8 Å². The van der Waals surface area contributed by atoms with E-state index in [2.05, 4.69) is 22.8 Å². The number of amides is 2. The lowest BCUT2D eigenvalue weighted by atomic mass is 9.90. The first-order valence-corrected chi connectivity index (χ1v) is 10.1. The Labute approximate surface area is 167 Å². The average molecular weight is 391 g/mol. The van der Waals surface area contributed by atoms with Gasteiger partial charge in [-0.15, -0.1) is 11.3 Å². The predicted molar refractivity (Wildman–Crippen MR) is 112 cm³/mol. The molecule has 1 aromatic heterocycles. The molecule has 0 saturated heterocycles. The second-order valence-corrected chi connectivity index (χ2v) is 8.03. The highest BCUT2D eigenvalue weighted by atomic mass is 32.1. The summed E-state index contributed by atoms with van der Waals surface area (Å²) >= 11 is 1.69. The van der Waals surface area contributed by atoms with Gasteiger partial charge in [0.05, 0.1) is 5.69 Å². The first kappa shape index (κ1) is 18.4. The van der Waals surface area contributed by atoms with Crippen LogP contribution in [0.15, 0.2) is 54.6 Å². The van der Waals surface area contributed by atoms with Gasteiger partial charge in [-0.05, 0) is 37.5 Å². The maximum absolute atomic E-state index is 12.8. The van der Waals surface area contributed by atoms with E-state index in [0.717, 1.165) is 35.5 Å². The summed E-state index contributed by atoms with van der Waals surface area (Å²) in [5, 5.41) is 6.74. The molecule has 2 N–H and O–H groups in total. The molecular formula is C22H21N3O2S. The zero-order valence-electron chi connectivity index (χ0n) is 15.6. The number of fused-ring (bicyclic) bond motifs is 1. The molecule has 0 aliphatic heterocycles. The number of aryl methyl sites for hydroxylation is 1. The van der Waals surface area contributed by atoms with Gasteiger partial charge in [0.1, 0.15) is 5.01 Å². The Morgan fingerprint density at radius 2 is 1.79 bits per heavy atom. The molecule has 1 aliphatic rings. The van der Waals surface area contributed by atoms with E-state index in [0.29, 0.717) is 11.4 Å². The fourth-order valence-corrected chi connectivity index (χ4v) is 4.62. The Bertz CT molecular complexity index is 1010. The van der Waals surface area contributed by atoms with E-state index >= 15 is 0 Å². The SMILES string of the molecule is CC(=O)Nc1cccc(NC(=O)C2CCc3nc(-c4ccccc4)sc3C2)c1. The Balaban J connectivity index is 1.45. The number of hydrogen-bond donors (Lipinski definition) is 2. The average Bonchev–Trinajstić information content (AvgIpc) is 3.12. The predicted octanol–water partition coefficient (Wildman–Crippen LogP) is 4.51. The topological polar surface area (TPSA) is 71.1 Å². The third kappa shape index (κ3) is 4.12. The molecule has 0 radical (unpaired) electrons. The van der Waals surface area contributed by atoms with Crippen molar-refractivity contribution in [2.45, 2.75) is 26.2 Å². The normalized spacial score (nSPS) is 15.5. The van der Waals surface area contributed by atoms with Gasteiger partial charge in [-0.25, -0.2) is 4.98 Å². The number of nitrogens with one attached hydrogen (secondary N) is 2. The number of rotatable bonds is 4. The van der Waals surface area contributed by atoms with Crippen LogP contribution in [0.3, 0.4) is 0 Å². The molecule has 6 heteroatoms. The van der Waals surface area contributed by atoms with Crippen molar-refractivity contribution in [1.82, 2.24) is 4.98 Å². The molecule has 142 valence electrons. The monoisotopic (exact) mass is 391 g/mol. The van der Waals surface area contributed by atoms with Gasteiger partial charge in [0, 0.05) is 34.7 Å². The lowest BCUT2D eigenvalue weighted by Crippen LogP contribution is -2.27. The molecule has 0 saturated carbocycles. The summed E-state index contributed by atoms with van der Waals surface area (Å²) < 4.78 is 0. The lowest BCUT2D eigenvalue weighted by molar-refractivity contribution is -0.120. The van der Waals surface area contributed by atoms with Crippen LogP contribution in [-0.2, 0) is 22.4 Å². The Kier molecular flexibility index (Phi) is 5.21. The number of benzene rings is 2. The van der Waals surface area contributed by atoms with E-state index in [1.807, 2.05) is 30.3 Å². The Hall–Kier alpha value is -2.99. The molecule has 0 bridgehead atoms. The van der Waals surface area contributed by atoms with E-state index in [9.17, 15) is 9.59 Å². The number of carbonyl (C=O) groups excluding carboxylic acids is 2. The first-order valence-electron chi connectivity index (χ1n) is 9.31. The van der Waals surface area contributed by atoms with Crippen LogP contribution in [-0.4, -0.2) is 16.8 Å². The van der Waals surface area contributed by atoms with Gasteiger partial charge < -0.3 is 10.6 Å². The largest absolute Gasteiger partial charge is 0.326 e. The van der Waals surface area contributed by atoms with Crippen molar-refractivity contribution in [3.63, 3.8) is 0 Å². The van der Waals surface area contributed by atoms with Crippen LogP contribution < -0.4 is 10.6 Å². The molecule has 2 amide bonds. The minimum Gasteiger partial charge on any atom is -0.326 e. The summed E-state index contributed by atoms with van der Waals surface area (Å²) in [6.07, 6.45) is 2.34. The van der Waals surface area contributed by atoms with Gasteiger partial charge in [-0.1, -0.05) is 36.4 Å². The smallest absolute Gasteiger partial charge is 0.227 e. The van der Waals surface area contributed by atoms with Crippen molar-refractivity contribution in [2.75, 3.05) is 10.6 Å². The zero-order chi connectivity index (χ0) is 19.5. The molecule has 1 heterocycles. The van der Waals surface area contributed by atoms with Crippen molar-refractivity contribution < 1.29 is 9.59 Å². The summed E-state index contributed by atoms with van der Waals surface area (Å²) in [4.78, 5) is 30.0. The van der Waals surface area contributed by atoms with Crippen molar-refractivity contribution in [3.05, 3.63) is 65.2 Å². The van der Waals surface area contributed by atoms with Crippen molar-refractivity contribution >= 4 is 34.5 Å². The number of anilines is 2. The Morgan fingerprint density at radius 3 is 2.54 bits per heavy atom. The number of carbonyl (C=O) groups is 2. The fourth-order valence-electron chi connectivity index (χ4n) is 3.43. The summed E-state index contributed by atoms with van der Waals surface area (Å²) in [5.41, 5.74) is 3.61. The van der Waals surface area contributed by atoms with Crippen molar-refractivity contribution in [2.24, 2.45) is 5.92 Å². The molecule has 1 atom stereocenters. The highest BCUT2D eigenvalue weighted by Crippen LogP contribution is 2.35. The van der Waals surface area contributed by atoms with Crippen LogP contribution in [0.4, 0.5) is 11.4 Å². The zero-order valence-corrected chi connectivity index (χ0v) is 16.4. The van der Waals surface area contributed by atoms with E-state index in [4.69, 9.17) is 4.98 Å². The van der Waals surface area contributed by atoms with Gasteiger partial charge in [-0.3, -0.25) is 9.59 Å². The minimum absolute atomic E-state index is 0.0142.